The monoisotopic (exact) mass is 265 g/mol. The Kier molecular flexibility index (Phi) is 2.69. The molecule has 1 aliphatic carbocycles. The molecule has 2 heteroatoms. The minimum Gasteiger partial charge on any atom is -0.508 e. The second-order valence-electron chi connectivity index (χ2n) is 5.83. The lowest BCUT2D eigenvalue weighted by Crippen LogP contribution is -2.29. The van der Waals surface area contributed by atoms with Crippen LogP contribution in [0.3, 0.4) is 0 Å². The molecule has 0 bridgehead atoms. The first-order valence-electron chi connectivity index (χ1n) is 7.50. The first-order chi connectivity index (χ1) is 9.84. The van der Waals surface area contributed by atoms with Crippen LogP contribution in [-0.4, -0.2) is 11.7 Å². The van der Waals surface area contributed by atoms with E-state index in [1.165, 1.54) is 23.2 Å². The number of hydrogen-bond acceptors (Lipinski definition) is 2. The molecule has 1 heterocycles. The summed E-state index contributed by atoms with van der Waals surface area (Å²) in [6.45, 7) is 1.10. The predicted molar refractivity (Wildman–Crippen MR) is 81.3 cm³/mol. The smallest absolute Gasteiger partial charge is 0.119 e. The third kappa shape index (κ3) is 1.71. The summed E-state index contributed by atoms with van der Waals surface area (Å²) in [5.41, 5.74) is 5.33. The number of anilines is 1. The zero-order valence-corrected chi connectivity index (χ0v) is 11.5. The highest BCUT2D eigenvalue weighted by molar-refractivity contribution is 5.60. The SMILES string of the molecule is Oc1cccc2c1CCCC2N1CCc2ccccc21. The number of phenolic OH excluding ortho intramolecular Hbond substituents is 1. The van der Waals surface area contributed by atoms with E-state index in [9.17, 15) is 5.11 Å². The highest BCUT2D eigenvalue weighted by atomic mass is 16.3. The average molecular weight is 265 g/mol. The molecule has 0 fully saturated rings. The number of para-hydroxylation sites is 1. The standard InChI is InChI=1S/C18H19NO/c20-18-10-4-6-14-15(18)7-3-9-17(14)19-12-11-13-5-1-2-8-16(13)19/h1-2,4-6,8,10,17,20H,3,7,9,11-12H2. The molecule has 2 nitrogen and oxygen atoms in total. The van der Waals surface area contributed by atoms with Crippen LogP contribution in [0.2, 0.25) is 0 Å². The molecule has 0 amide bonds. The van der Waals surface area contributed by atoms with Crippen LogP contribution < -0.4 is 4.90 Å². The molecular formula is C18H19NO. The summed E-state index contributed by atoms with van der Waals surface area (Å²) >= 11 is 0. The Morgan fingerprint density at radius 2 is 1.90 bits per heavy atom. The fourth-order valence-electron chi connectivity index (χ4n) is 3.82. The van der Waals surface area contributed by atoms with Crippen LogP contribution in [0.25, 0.3) is 0 Å². The van der Waals surface area contributed by atoms with Crippen LogP contribution in [0, 0.1) is 0 Å². The van der Waals surface area contributed by atoms with Gasteiger partial charge in [0, 0.05) is 12.2 Å². The Bertz CT molecular complexity index is 650. The van der Waals surface area contributed by atoms with Gasteiger partial charge in [0.2, 0.25) is 0 Å². The van der Waals surface area contributed by atoms with Crippen molar-refractivity contribution >= 4 is 5.69 Å². The number of rotatable bonds is 1. The van der Waals surface area contributed by atoms with Crippen molar-refractivity contribution < 1.29 is 5.11 Å². The summed E-state index contributed by atoms with van der Waals surface area (Å²) in [5.74, 6) is 0.472. The van der Waals surface area contributed by atoms with E-state index in [2.05, 4.69) is 35.2 Å². The maximum Gasteiger partial charge on any atom is 0.119 e. The lowest BCUT2D eigenvalue weighted by molar-refractivity contribution is 0.451. The van der Waals surface area contributed by atoms with Gasteiger partial charge in [-0.3, -0.25) is 0 Å². The zero-order chi connectivity index (χ0) is 13.5. The van der Waals surface area contributed by atoms with Gasteiger partial charge in [0.25, 0.3) is 0 Å². The second-order valence-corrected chi connectivity index (χ2v) is 5.83. The quantitative estimate of drug-likeness (QED) is 0.847. The fraction of sp³-hybridized carbons (Fsp3) is 0.333. The van der Waals surface area contributed by atoms with Crippen LogP contribution in [0.15, 0.2) is 42.5 Å². The van der Waals surface area contributed by atoms with E-state index < -0.39 is 0 Å². The topological polar surface area (TPSA) is 23.5 Å². The van der Waals surface area contributed by atoms with Crippen LogP contribution >= 0.6 is 0 Å². The Labute approximate surface area is 119 Å². The molecule has 20 heavy (non-hydrogen) atoms. The third-order valence-electron chi connectivity index (χ3n) is 4.75. The Balaban J connectivity index is 1.77. The van der Waals surface area contributed by atoms with Gasteiger partial charge in [-0.05, 0) is 54.5 Å². The van der Waals surface area contributed by atoms with Gasteiger partial charge in [-0.2, -0.15) is 0 Å². The molecule has 1 atom stereocenters. The van der Waals surface area contributed by atoms with Gasteiger partial charge in [-0.15, -0.1) is 0 Å². The van der Waals surface area contributed by atoms with Crippen molar-refractivity contribution in [2.24, 2.45) is 0 Å². The fourth-order valence-corrected chi connectivity index (χ4v) is 3.82. The van der Waals surface area contributed by atoms with E-state index >= 15 is 0 Å². The molecule has 2 aliphatic rings. The van der Waals surface area contributed by atoms with E-state index in [4.69, 9.17) is 0 Å². The van der Waals surface area contributed by atoms with Crippen LogP contribution in [-0.2, 0) is 12.8 Å². The number of fused-ring (bicyclic) bond motifs is 2. The highest BCUT2D eigenvalue weighted by Crippen LogP contribution is 2.42. The number of hydrogen-bond donors (Lipinski definition) is 1. The normalized spacial score (nSPS) is 20.6. The van der Waals surface area contributed by atoms with Crippen LogP contribution in [0.5, 0.6) is 5.75 Å². The maximum absolute atomic E-state index is 10.1. The molecule has 2 aromatic rings. The summed E-state index contributed by atoms with van der Waals surface area (Å²) in [4.78, 5) is 2.53. The van der Waals surface area contributed by atoms with Crippen LogP contribution in [0.4, 0.5) is 5.69 Å². The maximum atomic E-state index is 10.1. The second kappa shape index (κ2) is 4.55. The van der Waals surface area contributed by atoms with Gasteiger partial charge in [-0.1, -0.05) is 30.3 Å². The molecule has 0 saturated heterocycles. The molecule has 1 aliphatic heterocycles. The van der Waals surface area contributed by atoms with Gasteiger partial charge in [0.1, 0.15) is 5.75 Å². The number of benzene rings is 2. The molecule has 0 spiro atoms. The minimum absolute atomic E-state index is 0.425. The van der Waals surface area contributed by atoms with E-state index in [0.717, 1.165) is 31.4 Å². The van der Waals surface area contributed by atoms with Gasteiger partial charge in [-0.25, -0.2) is 0 Å². The Morgan fingerprint density at radius 3 is 2.85 bits per heavy atom. The molecule has 0 radical (unpaired) electrons. The molecular weight excluding hydrogens is 246 g/mol. The lowest BCUT2D eigenvalue weighted by atomic mass is 9.86. The number of aromatic hydroxyl groups is 1. The van der Waals surface area contributed by atoms with Crippen molar-refractivity contribution in [1.82, 2.24) is 0 Å². The minimum atomic E-state index is 0.425. The highest BCUT2D eigenvalue weighted by Gasteiger charge is 2.30. The van der Waals surface area contributed by atoms with Crippen LogP contribution in [0.1, 0.15) is 35.6 Å². The molecule has 102 valence electrons. The number of nitrogens with zero attached hydrogens (tertiary/aromatic N) is 1. The van der Waals surface area contributed by atoms with E-state index in [-0.39, 0.29) is 0 Å². The molecule has 1 N–H and O–H groups in total. The lowest BCUT2D eigenvalue weighted by Gasteiger charge is -2.35. The first-order valence-corrected chi connectivity index (χ1v) is 7.50. The molecule has 0 saturated carbocycles. The van der Waals surface area contributed by atoms with Gasteiger partial charge < -0.3 is 10.0 Å². The molecule has 2 aromatic carbocycles. The first kappa shape index (κ1) is 11.8. The van der Waals surface area contributed by atoms with Gasteiger partial charge in [0.05, 0.1) is 6.04 Å². The van der Waals surface area contributed by atoms with E-state index in [1.807, 2.05) is 12.1 Å². The van der Waals surface area contributed by atoms with Gasteiger partial charge in [0.15, 0.2) is 0 Å². The van der Waals surface area contributed by atoms with Crippen molar-refractivity contribution in [2.75, 3.05) is 11.4 Å². The Hall–Kier alpha value is -1.96. The summed E-state index contributed by atoms with van der Waals surface area (Å²) in [6.07, 6.45) is 4.49. The summed E-state index contributed by atoms with van der Waals surface area (Å²) in [5, 5.41) is 10.1. The summed E-state index contributed by atoms with van der Waals surface area (Å²) < 4.78 is 0. The van der Waals surface area contributed by atoms with Crippen molar-refractivity contribution in [3.8, 4) is 5.75 Å². The largest absolute Gasteiger partial charge is 0.508 e. The zero-order valence-electron chi connectivity index (χ0n) is 11.5. The summed E-state index contributed by atoms with van der Waals surface area (Å²) in [6, 6.07) is 15.1. The third-order valence-corrected chi connectivity index (χ3v) is 4.75. The molecule has 4 rings (SSSR count). The average Bonchev–Trinajstić information content (AvgIpc) is 2.91. The van der Waals surface area contributed by atoms with E-state index in [1.54, 1.807) is 0 Å². The number of phenols is 1. The Morgan fingerprint density at radius 1 is 1.00 bits per heavy atom. The van der Waals surface area contributed by atoms with Gasteiger partial charge >= 0.3 is 0 Å². The predicted octanol–water partition coefficient (Wildman–Crippen LogP) is 3.83. The molecule has 1 unspecified atom stereocenters. The summed E-state index contributed by atoms with van der Waals surface area (Å²) in [7, 11) is 0. The van der Waals surface area contributed by atoms with E-state index in [0.29, 0.717) is 11.8 Å². The van der Waals surface area contributed by atoms with Crippen molar-refractivity contribution in [3.05, 3.63) is 59.2 Å². The van der Waals surface area contributed by atoms with Crippen molar-refractivity contribution in [1.29, 1.82) is 0 Å². The van der Waals surface area contributed by atoms with Crippen molar-refractivity contribution in [2.45, 2.75) is 31.7 Å². The molecule has 0 aromatic heterocycles. The van der Waals surface area contributed by atoms with Crippen molar-refractivity contribution in [3.63, 3.8) is 0 Å².